The first-order valence-electron chi connectivity index (χ1n) is 9.13. The van der Waals surface area contributed by atoms with Crippen molar-refractivity contribution < 1.29 is 4.79 Å². The zero-order chi connectivity index (χ0) is 17.7. The quantitative estimate of drug-likeness (QED) is 0.794. The lowest BCUT2D eigenvalue weighted by Crippen LogP contribution is -2.40. The van der Waals surface area contributed by atoms with Crippen LogP contribution in [0.2, 0.25) is 0 Å². The Bertz CT molecular complexity index is 966. The number of rotatable bonds is 2. The third kappa shape index (κ3) is 2.21. The number of hydrogen-bond acceptors (Lipinski definition) is 5. The maximum atomic E-state index is 13.0. The predicted octanol–water partition coefficient (Wildman–Crippen LogP) is 0.627. The van der Waals surface area contributed by atoms with Crippen LogP contribution in [0.4, 0.5) is 5.95 Å². The zero-order valence-corrected chi connectivity index (χ0v) is 14.5. The summed E-state index contributed by atoms with van der Waals surface area (Å²) in [7, 11) is 0. The number of carbonyl (C=O) groups excluding carboxylic acids is 1. The molecule has 5 rings (SSSR count). The highest BCUT2D eigenvalue weighted by atomic mass is 16.2. The molecule has 0 unspecified atom stereocenters. The van der Waals surface area contributed by atoms with E-state index in [0.717, 1.165) is 49.4 Å². The topological polar surface area (TPSA) is 75.7 Å². The van der Waals surface area contributed by atoms with E-state index in [2.05, 4.69) is 10.1 Å². The number of nitrogens with zero attached hydrogens (tertiary/aromatic N) is 6. The monoisotopic (exact) mass is 352 g/mol. The molecule has 0 bridgehead atoms. The number of amidine groups is 1. The van der Waals surface area contributed by atoms with Crippen molar-refractivity contribution in [3.8, 4) is 5.69 Å². The van der Waals surface area contributed by atoms with Gasteiger partial charge in [-0.15, -0.1) is 5.10 Å². The van der Waals surface area contributed by atoms with Gasteiger partial charge in [-0.1, -0.05) is 12.1 Å². The number of aliphatic imine (C=N–C) groups is 1. The summed E-state index contributed by atoms with van der Waals surface area (Å²) >= 11 is 0. The molecule has 1 aromatic heterocycles. The molecule has 0 aliphatic carbocycles. The van der Waals surface area contributed by atoms with Crippen LogP contribution in [0.3, 0.4) is 0 Å². The van der Waals surface area contributed by atoms with Gasteiger partial charge in [-0.05, 0) is 31.4 Å². The Labute approximate surface area is 150 Å². The van der Waals surface area contributed by atoms with Gasteiger partial charge in [0, 0.05) is 25.2 Å². The molecule has 1 aromatic carbocycles. The van der Waals surface area contributed by atoms with Crippen LogP contribution in [0.15, 0.2) is 34.1 Å². The average Bonchev–Trinajstić information content (AvgIpc) is 3.28. The second kappa shape index (κ2) is 5.82. The Hall–Kier alpha value is -2.90. The van der Waals surface area contributed by atoms with E-state index in [1.165, 1.54) is 4.68 Å². The van der Waals surface area contributed by atoms with Gasteiger partial charge in [0.2, 0.25) is 11.9 Å². The molecule has 0 spiro atoms. The number of anilines is 1. The van der Waals surface area contributed by atoms with Gasteiger partial charge in [0.1, 0.15) is 12.4 Å². The lowest BCUT2D eigenvalue weighted by Gasteiger charge is -2.26. The highest BCUT2D eigenvalue weighted by Gasteiger charge is 2.34. The van der Waals surface area contributed by atoms with E-state index < -0.39 is 0 Å². The van der Waals surface area contributed by atoms with Crippen LogP contribution in [-0.2, 0) is 11.3 Å². The molecule has 2 aromatic rings. The van der Waals surface area contributed by atoms with Crippen LogP contribution >= 0.6 is 0 Å². The maximum Gasteiger partial charge on any atom is 0.352 e. The van der Waals surface area contributed by atoms with Crippen molar-refractivity contribution in [2.45, 2.75) is 25.8 Å². The van der Waals surface area contributed by atoms with E-state index in [1.54, 1.807) is 4.57 Å². The summed E-state index contributed by atoms with van der Waals surface area (Å²) in [4.78, 5) is 34.0. The van der Waals surface area contributed by atoms with Crippen molar-refractivity contribution in [3.63, 3.8) is 0 Å². The molecule has 0 atom stereocenters. The second-order valence-electron chi connectivity index (χ2n) is 6.89. The number of likely N-dealkylation sites (tertiary alicyclic amines) is 1. The van der Waals surface area contributed by atoms with Gasteiger partial charge in [0.05, 0.1) is 12.2 Å². The molecule has 0 saturated carbocycles. The summed E-state index contributed by atoms with van der Waals surface area (Å²) in [5.41, 5.74) is 1.44. The van der Waals surface area contributed by atoms with Crippen LogP contribution in [0.25, 0.3) is 5.69 Å². The fourth-order valence-corrected chi connectivity index (χ4v) is 3.99. The van der Waals surface area contributed by atoms with Gasteiger partial charge in [0.25, 0.3) is 0 Å². The van der Waals surface area contributed by atoms with Gasteiger partial charge in [-0.25, -0.2) is 14.0 Å². The van der Waals surface area contributed by atoms with E-state index in [4.69, 9.17) is 0 Å². The molecule has 3 aliphatic heterocycles. The second-order valence-corrected chi connectivity index (χ2v) is 6.89. The molecule has 1 saturated heterocycles. The van der Waals surface area contributed by atoms with Crippen molar-refractivity contribution >= 4 is 17.7 Å². The first-order chi connectivity index (χ1) is 12.7. The largest absolute Gasteiger partial charge is 0.352 e. The normalized spacial score (nSPS) is 18.2. The summed E-state index contributed by atoms with van der Waals surface area (Å²) in [6.45, 7) is 2.90. The van der Waals surface area contributed by atoms with Crippen molar-refractivity contribution in [2.24, 2.45) is 4.99 Å². The van der Waals surface area contributed by atoms with E-state index in [9.17, 15) is 9.59 Å². The number of hydrogen-bond donors (Lipinski definition) is 0. The molecule has 0 N–H and O–H groups in total. The SMILES string of the molecule is O=C(Cn1nc2n(c1=O)-c1ccccc1C1=NCCN12)N1CCCCC1. The Morgan fingerprint density at radius 2 is 1.88 bits per heavy atom. The predicted molar refractivity (Wildman–Crippen MR) is 97.0 cm³/mol. The van der Waals surface area contributed by atoms with Crippen molar-refractivity contribution in [1.82, 2.24) is 19.2 Å². The van der Waals surface area contributed by atoms with Crippen LogP contribution in [-0.4, -0.2) is 57.2 Å². The molecule has 4 heterocycles. The van der Waals surface area contributed by atoms with E-state index in [0.29, 0.717) is 19.0 Å². The highest BCUT2D eigenvalue weighted by Crippen LogP contribution is 2.29. The first kappa shape index (κ1) is 15.4. The smallest absolute Gasteiger partial charge is 0.341 e. The Morgan fingerprint density at radius 1 is 1.08 bits per heavy atom. The fraction of sp³-hybridized carbons (Fsp3) is 0.444. The summed E-state index contributed by atoms with van der Waals surface area (Å²) in [6, 6.07) is 7.71. The minimum atomic E-state index is -0.274. The highest BCUT2D eigenvalue weighted by molar-refractivity contribution is 6.14. The Kier molecular flexibility index (Phi) is 3.44. The van der Waals surface area contributed by atoms with Crippen molar-refractivity contribution in [3.05, 3.63) is 40.3 Å². The fourth-order valence-electron chi connectivity index (χ4n) is 3.99. The minimum absolute atomic E-state index is 0.0126. The molecule has 8 nitrogen and oxygen atoms in total. The lowest BCUT2D eigenvalue weighted by molar-refractivity contribution is -0.133. The van der Waals surface area contributed by atoms with Gasteiger partial charge >= 0.3 is 5.69 Å². The van der Waals surface area contributed by atoms with Gasteiger partial charge in [-0.3, -0.25) is 14.7 Å². The molecule has 3 aliphatic rings. The molecule has 0 radical (unpaired) electrons. The molecule has 1 fully saturated rings. The van der Waals surface area contributed by atoms with E-state index >= 15 is 0 Å². The van der Waals surface area contributed by atoms with Gasteiger partial charge < -0.3 is 4.90 Å². The number of carbonyl (C=O) groups is 1. The van der Waals surface area contributed by atoms with Crippen LogP contribution in [0, 0.1) is 0 Å². The van der Waals surface area contributed by atoms with Crippen LogP contribution in [0.5, 0.6) is 0 Å². The summed E-state index contributed by atoms with van der Waals surface area (Å²) < 4.78 is 2.90. The summed E-state index contributed by atoms with van der Waals surface area (Å²) in [5, 5.41) is 4.49. The zero-order valence-electron chi connectivity index (χ0n) is 14.5. The van der Waals surface area contributed by atoms with Gasteiger partial charge in [0.15, 0.2) is 0 Å². The van der Waals surface area contributed by atoms with Crippen LogP contribution in [0.1, 0.15) is 24.8 Å². The minimum Gasteiger partial charge on any atom is -0.341 e. The lowest BCUT2D eigenvalue weighted by atomic mass is 10.1. The average molecular weight is 352 g/mol. The summed E-state index contributed by atoms with van der Waals surface area (Å²) in [5.74, 6) is 1.37. The number of para-hydroxylation sites is 1. The van der Waals surface area contributed by atoms with Crippen molar-refractivity contribution in [1.29, 1.82) is 0 Å². The van der Waals surface area contributed by atoms with E-state index in [-0.39, 0.29) is 18.1 Å². The number of benzene rings is 1. The number of fused-ring (bicyclic) bond motifs is 6. The van der Waals surface area contributed by atoms with Crippen molar-refractivity contribution in [2.75, 3.05) is 31.1 Å². The van der Waals surface area contributed by atoms with Crippen LogP contribution < -0.4 is 10.6 Å². The third-order valence-electron chi connectivity index (χ3n) is 5.28. The molecular weight excluding hydrogens is 332 g/mol. The molecular formula is C18H20N6O2. The van der Waals surface area contributed by atoms with E-state index in [1.807, 2.05) is 34.1 Å². The first-order valence-corrected chi connectivity index (χ1v) is 9.13. The Balaban J connectivity index is 1.55. The third-order valence-corrected chi connectivity index (χ3v) is 5.28. The molecule has 26 heavy (non-hydrogen) atoms. The summed E-state index contributed by atoms with van der Waals surface area (Å²) in [6.07, 6.45) is 3.22. The number of amides is 1. The Morgan fingerprint density at radius 3 is 2.73 bits per heavy atom. The number of piperidine rings is 1. The standard InChI is InChI=1S/C18H20N6O2/c25-15(21-9-4-1-5-10-21)12-23-18(26)24-14-7-3-2-6-13(14)16-19-8-11-22(16)17(24)20-23/h2-3,6-7H,1,4-5,8-12H2. The maximum absolute atomic E-state index is 13.0. The molecule has 134 valence electrons. The number of aromatic nitrogens is 3. The molecule has 1 amide bonds. The molecule has 8 heteroatoms. The van der Waals surface area contributed by atoms with Gasteiger partial charge in [-0.2, -0.15) is 0 Å².